The SMILES string of the molecule is C=C(C)N1CC(SC)C1. The molecule has 9 heavy (non-hydrogen) atoms. The van der Waals surface area contributed by atoms with Crippen LogP contribution in [0.1, 0.15) is 6.92 Å². The third kappa shape index (κ3) is 1.42. The minimum atomic E-state index is 0.863. The van der Waals surface area contributed by atoms with Gasteiger partial charge in [-0.15, -0.1) is 0 Å². The molecule has 0 radical (unpaired) electrons. The molecule has 0 amide bonds. The van der Waals surface area contributed by atoms with Gasteiger partial charge in [0, 0.05) is 24.0 Å². The lowest BCUT2D eigenvalue weighted by Crippen LogP contribution is -2.47. The zero-order chi connectivity index (χ0) is 6.85. The van der Waals surface area contributed by atoms with Crippen LogP contribution in [-0.4, -0.2) is 29.5 Å². The highest BCUT2D eigenvalue weighted by molar-refractivity contribution is 7.99. The first-order valence-electron chi connectivity index (χ1n) is 3.17. The van der Waals surface area contributed by atoms with Crippen molar-refractivity contribution in [3.8, 4) is 0 Å². The lowest BCUT2D eigenvalue weighted by atomic mass is 10.2. The van der Waals surface area contributed by atoms with Crippen LogP contribution in [0, 0.1) is 0 Å². The van der Waals surface area contributed by atoms with Crippen LogP contribution in [0.2, 0.25) is 0 Å². The standard InChI is InChI=1S/C7H13NS/c1-6(2)8-4-7(5-8)9-3/h7H,1,4-5H2,2-3H3. The van der Waals surface area contributed by atoms with Crippen molar-refractivity contribution in [1.29, 1.82) is 0 Å². The summed E-state index contributed by atoms with van der Waals surface area (Å²) in [5, 5.41) is 0.863. The van der Waals surface area contributed by atoms with Gasteiger partial charge < -0.3 is 4.90 Å². The minimum Gasteiger partial charge on any atom is -0.373 e. The van der Waals surface area contributed by atoms with Crippen molar-refractivity contribution in [1.82, 2.24) is 4.90 Å². The predicted molar refractivity (Wildman–Crippen MR) is 43.7 cm³/mol. The average Bonchev–Trinajstić information content (AvgIpc) is 1.61. The van der Waals surface area contributed by atoms with E-state index in [-0.39, 0.29) is 0 Å². The Morgan fingerprint density at radius 1 is 1.67 bits per heavy atom. The van der Waals surface area contributed by atoms with E-state index in [4.69, 9.17) is 0 Å². The fourth-order valence-electron chi connectivity index (χ4n) is 0.899. The summed E-state index contributed by atoms with van der Waals surface area (Å²) in [6.07, 6.45) is 2.17. The van der Waals surface area contributed by atoms with Crippen LogP contribution in [0.5, 0.6) is 0 Å². The molecule has 1 aliphatic rings. The van der Waals surface area contributed by atoms with Gasteiger partial charge in [0.05, 0.1) is 0 Å². The second-order valence-corrected chi connectivity index (χ2v) is 3.64. The average molecular weight is 143 g/mol. The first-order valence-corrected chi connectivity index (χ1v) is 4.46. The van der Waals surface area contributed by atoms with E-state index in [1.165, 1.54) is 18.8 Å². The minimum absolute atomic E-state index is 0.863. The summed E-state index contributed by atoms with van der Waals surface area (Å²) in [5.41, 5.74) is 1.21. The largest absolute Gasteiger partial charge is 0.373 e. The highest BCUT2D eigenvalue weighted by Crippen LogP contribution is 2.22. The van der Waals surface area contributed by atoms with Gasteiger partial charge >= 0.3 is 0 Å². The zero-order valence-electron chi connectivity index (χ0n) is 6.05. The fraction of sp³-hybridized carbons (Fsp3) is 0.714. The lowest BCUT2D eigenvalue weighted by molar-refractivity contribution is 0.251. The lowest BCUT2D eigenvalue weighted by Gasteiger charge is -2.40. The first-order chi connectivity index (χ1) is 4.24. The summed E-state index contributed by atoms with van der Waals surface area (Å²) in [4.78, 5) is 2.31. The zero-order valence-corrected chi connectivity index (χ0v) is 6.87. The van der Waals surface area contributed by atoms with Gasteiger partial charge in [-0.3, -0.25) is 0 Å². The maximum absolute atomic E-state index is 3.86. The summed E-state index contributed by atoms with van der Waals surface area (Å²) in [5.74, 6) is 0. The van der Waals surface area contributed by atoms with Crippen LogP contribution in [0.4, 0.5) is 0 Å². The van der Waals surface area contributed by atoms with Crippen molar-refractivity contribution in [3.63, 3.8) is 0 Å². The molecule has 1 heterocycles. The number of hydrogen-bond acceptors (Lipinski definition) is 2. The Morgan fingerprint density at radius 2 is 2.22 bits per heavy atom. The Bertz CT molecular complexity index is 116. The van der Waals surface area contributed by atoms with E-state index in [0.29, 0.717) is 0 Å². The molecular weight excluding hydrogens is 130 g/mol. The molecule has 0 bridgehead atoms. The van der Waals surface area contributed by atoms with Crippen LogP contribution < -0.4 is 0 Å². The van der Waals surface area contributed by atoms with Gasteiger partial charge in [0.2, 0.25) is 0 Å². The van der Waals surface area contributed by atoms with Crippen LogP contribution >= 0.6 is 11.8 Å². The van der Waals surface area contributed by atoms with Gasteiger partial charge in [0.1, 0.15) is 0 Å². The van der Waals surface area contributed by atoms with Gasteiger partial charge in [-0.05, 0) is 13.2 Å². The highest BCUT2D eigenvalue weighted by atomic mass is 32.2. The van der Waals surface area contributed by atoms with E-state index >= 15 is 0 Å². The van der Waals surface area contributed by atoms with E-state index in [0.717, 1.165) is 5.25 Å². The Balaban J connectivity index is 2.19. The van der Waals surface area contributed by atoms with Crippen molar-refractivity contribution in [2.45, 2.75) is 12.2 Å². The van der Waals surface area contributed by atoms with Gasteiger partial charge in [-0.1, -0.05) is 6.58 Å². The van der Waals surface area contributed by atoms with Crippen molar-refractivity contribution >= 4 is 11.8 Å². The quantitative estimate of drug-likeness (QED) is 0.577. The van der Waals surface area contributed by atoms with E-state index in [9.17, 15) is 0 Å². The molecule has 1 aliphatic heterocycles. The first kappa shape index (κ1) is 7.00. The second-order valence-electron chi connectivity index (χ2n) is 2.50. The third-order valence-electron chi connectivity index (χ3n) is 1.72. The highest BCUT2D eigenvalue weighted by Gasteiger charge is 2.24. The number of nitrogens with zero attached hydrogens (tertiary/aromatic N) is 1. The maximum atomic E-state index is 3.86. The fourth-order valence-corrected chi connectivity index (χ4v) is 1.56. The molecule has 0 aromatic carbocycles. The summed E-state index contributed by atoms with van der Waals surface area (Å²) >= 11 is 1.95. The molecule has 52 valence electrons. The Kier molecular flexibility index (Phi) is 2.06. The Morgan fingerprint density at radius 3 is 2.56 bits per heavy atom. The molecule has 0 atom stereocenters. The predicted octanol–water partition coefficient (Wildman–Crippen LogP) is 1.57. The normalized spacial score (nSPS) is 19.6. The number of thioether (sulfide) groups is 1. The van der Waals surface area contributed by atoms with E-state index in [2.05, 4.69) is 24.7 Å². The van der Waals surface area contributed by atoms with E-state index in [1.54, 1.807) is 0 Å². The smallest absolute Gasteiger partial charge is 0.0395 e. The maximum Gasteiger partial charge on any atom is 0.0395 e. The molecule has 1 nitrogen and oxygen atoms in total. The van der Waals surface area contributed by atoms with Crippen molar-refractivity contribution in [3.05, 3.63) is 12.3 Å². The molecule has 0 aliphatic carbocycles. The van der Waals surface area contributed by atoms with Gasteiger partial charge in [-0.2, -0.15) is 11.8 Å². The molecule has 0 saturated carbocycles. The van der Waals surface area contributed by atoms with Crippen molar-refractivity contribution in [2.75, 3.05) is 19.3 Å². The monoisotopic (exact) mass is 143 g/mol. The molecule has 0 N–H and O–H groups in total. The van der Waals surface area contributed by atoms with E-state index in [1.807, 2.05) is 11.8 Å². The van der Waals surface area contributed by atoms with Crippen LogP contribution in [0.15, 0.2) is 12.3 Å². The van der Waals surface area contributed by atoms with Crippen LogP contribution in [0.25, 0.3) is 0 Å². The molecule has 1 rings (SSSR count). The molecule has 0 aromatic heterocycles. The van der Waals surface area contributed by atoms with Gasteiger partial charge in [0.25, 0.3) is 0 Å². The summed E-state index contributed by atoms with van der Waals surface area (Å²) in [7, 11) is 0. The molecule has 1 fully saturated rings. The summed E-state index contributed by atoms with van der Waals surface area (Å²) < 4.78 is 0. The van der Waals surface area contributed by atoms with Crippen LogP contribution in [0.3, 0.4) is 0 Å². The molecule has 2 heteroatoms. The molecule has 0 spiro atoms. The van der Waals surface area contributed by atoms with Crippen molar-refractivity contribution < 1.29 is 0 Å². The van der Waals surface area contributed by atoms with Crippen molar-refractivity contribution in [2.24, 2.45) is 0 Å². The third-order valence-corrected chi connectivity index (χ3v) is 2.69. The topological polar surface area (TPSA) is 3.24 Å². The second kappa shape index (κ2) is 2.65. The Hall–Kier alpha value is -0.110. The molecule has 0 aromatic rings. The molecule has 0 unspecified atom stereocenters. The van der Waals surface area contributed by atoms with Gasteiger partial charge in [0.15, 0.2) is 0 Å². The summed E-state index contributed by atoms with van der Waals surface area (Å²) in [6.45, 7) is 8.34. The number of allylic oxidation sites excluding steroid dienone is 1. The molecule has 1 saturated heterocycles. The van der Waals surface area contributed by atoms with Gasteiger partial charge in [-0.25, -0.2) is 0 Å². The number of hydrogen-bond donors (Lipinski definition) is 0. The number of rotatable bonds is 2. The van der Waals surface area contributed by atoms with E-state index < -0.39 is 0 Å². The molecular formula is C7H13NS. The number of likely N-dealkylation sites (tertiary alicyclic amines) is 1. The summed E-state index contributed by atoms with van der Waals surface area (Å²) in [6, 6.07) is 0. The van der Waals surface area contributed by atoms with Crippen LogP contribution in [-0.2, 0) is 0 Å². The Labute approximate surface area is 61.1 Å².